The Balaban J connectivity index is 1.89. The average molecular weight is 323 g/mol. The minimum absolute atomic E-state index is 0.0818. The molecule has 1 aliphatic carbocycles. The third-order valence-electron chi connectivity index (χ3n) is 3.59. The summed E-state index contributed by atoms with van der Waals surface area (Å²) in [6.45, 7) is 0.347. The van der Waals surface area contributed by atoms with Crippen LogP contribution in [0.25, 0.3) is 0 Å². The molecule has 1 saturated carbocycles. The van der Waals surface area contributed by atoms with E-state index in [0.29, 0.717) is 17.0 Å². The van der Waals surface area contributed by atoms with E-state index in [0.717, 1.165) is 18.4 Å². The normalized spacial score (nSPS) is 15.5. The van der Waals surface area contributed by atoms with Crippen molar-refractivity contribution in [3.05, 3.63) is 52.2 Å². The van der Waals surface area contributed by atoms with Crippen LogP contribution in [0.5, 0.6) is 0 Å². The first-order valence-corrected chi connectivity index (χ1v) is 9.22. The Morgan fingerprint density at radius 2 is 1.86 bits per heavy atom. The highest BCUT2D eigenvalue weighted by Crippen LogP contribution is 2.33. The van der Waals surface area contributed by atoms with Crippen molar-refractivity contribution in [1.29, 1.82) is 0 Å². The van der Waals surface area contributed by atoms with Crippen LogP contribution in [0, 0.1) is 0 Å². The van der Waals surface area contributed by atoms with Crippen LogP contribution in [-0.4, -0.2) is 23.9 Å². The van der Waals surface area contributed by atoms with Crippen molar-refractivity contribution in [3.8, 4) is 0 Å². The number of thiophene rings is 1. The van der Waals surface area contributed by atoms with Crippen LogP contribution in [0.1, 0.15) is 24.0 Å². The molecule has 1 N–H and O–H groups in total. The van der Waals surface area contributed by atoms with Crippen LogP contribution in [0.15, 0.2) is 46.0 Å². The van der Waals surface area contributed by atoms with Crippen molar-refractivity contribution in [1.82, 2.24) is 4.31 Å². The highest BCUT2D eigenvalue weighted by molar-refractivity contribution is 7.89. The van der Waals surface area contributed by atoms with E-state index in [1.165, 1.54) is 0 Å². The maximum absolute atomic E-state index is 12.8. The van der Waals surface area contributed by atoms with Gasteiger partial charge in [0.05, 0.1) is 11.5 Å². The SMILES string of the molecule is O=S(=O)(c1ccc(CO)cc1)N(Cc1ccsc1)C1CC1. The lowest BCUT2D eigenvalue weighted by Gasteiger charge is -2.21. The fraction of sp³-hybridized carbons (Fsp3) is 0.333. The molecule has 0 bridgehead atoms. The Bertz CT molecular complexity index is 689. The highest BCUT2D eigenvalue weighted by atomic mass is 32.2. The standard InChI is InChI=1S/C15H17NO3S2/c17-10-12-1-5-15(6-2-12)21(18,19)16(14-3-4-14)9-13-7-8-20-11-13/h1-2,5-8,11,14,17H,3-4,9-10H2. The fourth-order valence-corrected chi connectivity index (χ4v) is 4.57. The molecule has 1 aliphatic rings. The molecule has 1 aromatic carbocycles. The van der Waals surface area contributed by atoms with Crippen LogP contribution < -0.4 is 0 Å². The Morgan fingerprint density at radius 1 is 1.14 bits per heavy atom. The molecule has 21 heavy (non-hydrogen) atoms. The third-order valence-corrected chi connectivity index (χ3v) is 6.23. The van der Waals surface area contributed by atoms with E-state index in [1.807, 2.05) is 16.8 Å². The summed E-state index contributed by atoms with van der Waals surface area (Å²) in [4.78, 5) is 0.293. The predicted molar refractivity (Wildman–Crippen MR) is 82.4 cm³/mol. The van der Waals surface area contributed by atoms with Gasteiger partial charge in [-0.2, -0.15) is 15.6 Å². The maximum Gasteiger partial charge on any atom is 0.243 e. The average Bonchev–Trinajstić information content (AvgIpc) is 3.20. The zero-order chi connectivity index (χ0) is 14.9. The summed E-state index contributed by atoms with van der Waals surface area (Å²) in [5.74, 6) is 0. The lowest BCUT2D eigenvalue weighted by atomic mass is 10.2. The first-order chi connectivity index (χ1) is 10.1. The number of benzene rings is 1. The molecule has 1 aromatic heterocycles. The Kier molecular flexibility index (Phi) is 4.12. The van der Waals surface area contributed by atoms with Crippen molar-refractivity contribution in [2.24, 2.45) is 0 Å². The van der Waals surface area contributed by atoms with Gasteiger partial charge in [0.25, 0.3) is 0 Å². The molecule has 0 aliphatic heterocycles. The Morgan fingerprint density at radius 3 is 2.38 bits per heavy atom. The van der Waals surface area contributed by atoms with Gasteiger partial charge in [0.2, 0.25) is 10.0 Å². The van der Waals surface area contributed by atoms with E-state index >= 15 is 0 Å². The summed E-state index contributed by atoms with van der Waals surface area (Å²) < 4.78 is 27.2. The van der Waals surface area contributed by atoms with E-state index in [-0.39, 0.29) is 12.6 Å². The second-order valence-corrected chi connectivity index (χ2v) is 7.89. The number of rotatable bonds is 6. The lowest BCUT2D eigenvalue weighted by Crippen LogP contribution is -2.32. The molecule has 4 nitrogen and oxygen atoms in total. The van der Waals surface area contributed by atoms with Crippen molar-refractivity contribution in [2.75, 3.05) is 0 Å². The zero-order valence-electron chi connectivity index (χ0n) is 11.5. The molecular formula is C15H17NO3S2. The molecule has 112 valence electrons. The molecule has 3 rings (SSSR count). The van der Waals surface area contributed by atoms with Gasteiger partial charge in [0, 0.05) is 12.6 Å². The summed E-state index contributed by atoms with van der Waals surface area (Å²) in [7, 11) is -3.48. The highest BCUT2D eigenvalue weighted by Gasteiger charge is 2.38. The van der Waals surface area contributed by atoms with E-state index in [4.69, 9.17) is 5.11 Å². The monoisotopic (exact) mass is 323 g/mol. The van der Waals surface area contributed by atoms with Crippen LogP contribution >= 0.6 is 11.3 Å². The largest absolute Gasteiger partial charge is 0.392 e. The van der Waals surface area contributed by atoms with Gasteiger partial charge in [0.1, 0.15) is 0 Å². The summed E-state index contributed by atoms with van der Waals surface area (Å²) in [6, 6.07) is 8.54. The van der Waals surface area contributed by atoms with E-state index in [2.05, 4.69) is 0 Å². The number of aliphatic hydroxyl groups is 1. The molecule has 6 heteroatoms. The minimum Gasteiger partial charge on any atom is -0.392 e. The van der Waals surface area contributed by atoms with Crippen LogP contribution in [-0.2, 0) is 23.2 Å². The van der Waals surface area contributed by atoms with Gasteiger partial charge in [-0.25, -0.2) is 8.42 Å². The summed E-state index contributed by atoms with van der Waals surface area (Å²) >= 11 is 1.58. The molecule has 0 saturated heterocycles. The molecule has 0 atom stereocenters. The van der Waals surface area contributed by atoms with Gasteiger partial charge < -0.3 is 5.11 Å². The van der Waals surface area contributed by atoms with Gasteiger partial charge >= 0.3 is 0 Å². The van der Waals surface area contributed by atoms with Crippen molar-refractivity contribution >= 4 is 21.4 Å². The molecule has 0 spiro atoms. The predicted octanol–water partition coefficient (Wildman–Crippen LogP) is 2.59. The van der Waals surface area contributed by atoms with Gasteiger partial charge in [-0.3, -0.25) is 0 Å². The molecule has 0 unspecified atom stereocenters. The summed E-state index contributed by atoms with van der Waals surface area (Å²) in [5.41, 5.74) is 1.74. The molecule has 0 amide bonds. The van der Waals surface area contributed by atoms with Gasteiger partial charge in [-0.1, -0.05) is 12.1 Å². The lowest BCUT2D eigenvalue weighted by molar-refractivity contribution is 0.281. The number of hydrogen-bond acceptors (Lipinski definition) is 4. The van der Waals surface area contributed by atoms with E-state index in [1.54, 1.807) is 39.9 Å². The second-order valence-electron chi connectivity index (χ2n) is 5.22. The maximum atomic E-state index is 12.8. The van der Waals surface area contributed by atoms with Crippen LogP contribution in [0.2, 0.25) is 0 Å². The molecule has 1 fully saturated rings. The van der Waals surface area contributed by atoms with Crippen LogP contribution in [0.4, 0.5) is 0 Å². The minimum atomic E-state index is -3.48. The van der Waals surface area contributed by atoms with E-state index < -0.39 is 10.0 Å². The van der Waals surface area contributed by atoms with Crippen molar-refractivity contribution in [2.45, 2.75) is 36.9 Å². The Labute approximate surface area is 128 Å². The van der Waals surface area contributed by atoms with Crippen molar-refractivity contribution < 1.29 is 13.5 Å². The quantitative estimate of drug-likeness (QED) is 0.889. The molecular weight excluding hydrogens is 306 g/mol. The Hall–Kier alpha value is -1.21. The summed E-state index contributed by atoms with van der Waals surface area (Å²) in [5, 5.41) is 13.0. The topological polar surface area (TPSA) is 57.6 Å². The van der Waals surface area contributed by atoms with Crippen LogP contribution in [0.3, 0.4) is 0 Å². The first-order valence-electron chi connectivity index (χ1n) is 6.84. The zero-order valence-corrected chi connectivity index (χ0v) is 13.1. The fourth-order valence-electron chi connectivity index (χ4n) is 2.24. The van der Waals surface area contributed by atoms with Gasteiger partial charge in [0.15, 0.2) is 0 Å². The van der Waals surface area contributed by atoms with Crippen molar-refractivity contribution in [3.63, 3.8) is 0 Å². The number of aliphatic hydroxyl groups excluding tert-OH is 1. The van der Waals surface area contributed by atoms with E-state index in [9.17, 15) is 8.42 Å². The third kappa shape index (κ3) is 3.18. The molecule has 1 heterocycles. The van der Waals surface area contributed by atoms with Gasteiger partial charge in [-0.15, -0.1) is 0 Å². The number of nitrogens with zero attached hydrogens (tertiary/aromatic N) is 1. The second kappa shape index (κ2) is 5.88. The van der Waals surface area contributed by atoms with Gasteiger partial charge in [-0.05, 0) is 52.9 Å². The number of sulfonamides is 1. The number of hydrogen-bond donors (Lipinski definition) is 1. The smallest absolute Gasteiger partial charge is 0.243 e. The first kappa shape index (κ1) is 14.7. The summed E-state index contributed by atoms with van der Waals surface area (Å²) in [6.07, 6.45) is 1.86. The molecule has 2 aromatic rings. The molecule has 0 radical (unpaired) electrons.